The van der Waals surface area contributed by atoms with Gasteiger partial charge in [0.25, 0.3) is 0 Å². The van der Waals surface area contributed by atoms with Crippen LogP contribution >= 0.6 is 7.82 Å². The number of esters is 2. The second kappa shape index (κ2) is 35.6. The first-order valence-electron chi connectivity index (χ1n) is 24.1. The van der Waals surface area contributed by atoms with Gasteiger partial charge in [-0.15, -0.1) is 0 Å². The van der Waals surface area contributed by atoms with Crippen LogP contribution in [0.5, 0.6) is 0 Å². The van der Waals surface area contributed by atoms with E-state index in [2.05, 4.69) is 69.2 Å². The van der Waals surface area contributed by atoms with Gasteiger partial charge < -0.3 is 20.1 Å². The Morgan fingerprint density at radius 1 is 0.483 bits per heavy atom. The van der Waals surface area contributed by atoms with Gasteiger partial charge >= 0.3 is 19.8 Å². The fourth-order valence-electron chi connectivity index (χ4n) is 7.70. The van der Waals surface area contributed by atoms with Crippen molar-refractivity contribution in [3.05, 3.63) is 0 Å². The highest BCUT2D eigenvalue weighted by atomic mass is 31.2. The number of carbonyl (C=O) groups is 2. The third-order valence-corrected chi connectivity index (χ3v) is 13.0. The van der Waals surface area contributed by atoms with E-state index in [1.807, 2.05) is 0 Å². The van der Waals surface area contributed by atoms with E-state index in [1.165, 1.54) is 89.9 Å². The Hall–Kier alpha value is -0.990. The van der Waals surface area contributed by atoms with E-state index < -0.39 is 26.5 Å². The van der Waals surface area contributed by atoms with Crippen LogP contribution < -0.4 is 5.73 Å². The molecule has 0 aliphatic carbocycles. The number of phosphoric ester groups is 1. The normalized spacial score (nSPS) is 16.7. The lowest BCUT2D eigenvalue weighted by Gasteiger charge is -2.20. The minimum absolute atomic E-state index is 0.0345. The molecule has 346 valence electrons. The highest BCUT2D eigenvalue weighted by Crippen LogP contribution is 2.43. The van der Waals surface area contributed by atoms with Crippen LogP contribution in [0.15, 0.2) is 0 Å². The molecule has 7 unspecified atom stereocenters. The van der Waals surface area contributed by atoms with Crippen molar-refractivity contribution in [3.8, 4) is 0 Å². The topological polar surface area (TPSA) is 134 Å². The molecule has 10 heteroatoms. The summed E-state index contributed by atoms with van der Waals surface area (Å²) in [5, 5.41) is 0. The van der Waals surface area contributed by atoms with E-state index in [0.29, 0.717) is 37.1 Å². The average Bonchev–Trinajstić information content (AvgIpc) is 3.14. The van der Waals surface area contributed by atoms with Crippen molar-refractivity contribution in [2.45, 2.75) is 223 Å². The zero-order valence-electron chi connectivity index (χ0n) is 39.6. The SMILES string of the molecule is CC(C)CCCC(C)CCCC(C)CCCC(C)CCC(=O)OC[C@H](COP(=O)(O)OCCCN)OC(=O)CCC(C)CCCC(C)CCCC(C)CCCC(C)C. The average molecular weight is 846 g/mol. The molecule has 8 atom stereocenters. The van der Waals surface area contributed by atoms with E-state index in [9.17, 15) is 19.0 Å². The molecule has 0 spiro atoms. The lowest BCUT2D eigenvalue weighted by molar-refractivity contribution is -0.161. The summed E-state index contributed by atoms with van der Waals surface area (Å²) in [5.74, 6) is 4.59. The molecule has 0 aliphatic rings. The molecule has 0 aromatic heterocycles. The van der Waals surface area contributed by atoms with Crippen molar-refractivity contribution in [2.24, 2.45) is 53.1 Å². The standard InChI is InChI=1S/C48H96NO8P/c1-38(2)18-11-20-40(5)22-13-24-42(7)26-15-28-44(9)30-32-47(50)54-36-46(37-56-58(52,53)55-35-17-34-49)57-48(51)33-31-45(10)29-16-27-43(8)25-14-23-41(6)21-12-19-39(3)4/h38-46H,11-37,49H2,1-10H3,(H,52,53)/t40?,41?,42?,43?,44?,45?,46-/m1/s1. The zero-order valence-corrected chi connectivity index (χ0v) is 40.5. The molecular weight excluding hydrogens is 750 g/mol. The lowest BCUT2D eigenvalue weighted by Crippen LogP contribution is -2.29. The van der Waals surface area contributed by atoms with Crippen molar-refractivity contribution in [3.63, 3.8) is 0 Å². The monoisotopic (exact) mass is 846 g/mol. The van der Waals surface area contributed by atoms with Gasteiger partial charge in [-0.2, -0.15) is 0 Å². The Morgan fingerprint density at radius 3 is 1.19 bits per heavy atom. The predicted molar refractivity (Wildman–Crippen MR) is 242 cm³/mol. The first-order chi connectivity index (χ1) is 27.4. The zero-order chi connectivity index (χ0) is 43.8. The molecule has 9 nitrogen and oxygen atoms in total. The third-order valence-electron chi connectivity index (χ3n) is 12.0. The van der Waals surface area contributed by atoms with Crippen LogP contribution in [0, 0.1) is 47.3 Å². The van der Waals surface area contributed by atoms with Crippen LogP contribution in [0.3, 0.4) is 0 Å². The Kier molecular flexibility index (Phi) is 35.0. The number of phosphoric acid groups is 1. The molecular formula is C48H96NO8P. The Bertz CT molecular complexity index is 1040. The molecule has 0 fully saturated rings. The van der Waals surface area contributed by atoms with Gasteiger partial charge in [0.2, 0.25) is 0 Å². The number of nitrogens with two attached hydrogens (primary N) is 1. The van der Waals surface area contributed by atoms with Crippen LogP contribution in [0.4, 0.5) is 0 Å². The molecule has 0 radical (unpaired) electrons. The van der Waals surface area contributed by atoms with E-state index in [4.69, 9.17) is 24.3 Å². The smallest absolute Gasteiger partial charge is 0.462 e. The largest absolute Gasteiger partial charge is 0.472 e. The Morgan fingerprint density at radius 2 is 0.828 bits per heavy atom. The van der Waals surface area contributed by atoms with Crippen LogP contribution in [0.1, 0.15) is 217 Å². The summed E-state index contributed by atoms with van der Waals surface area (Å²) in [7, 11) is -4.39. The number of ether oxygens (including phenoxy) is 2. The second-order valence-electron chi connectivity index (χ2n) is 19.6. The number of hydrogen-bond acceptors (Lipinski definition) is 8. The Balaban J connectivity index is 4.62. The summed E-state index contributed by atoms with van der Waals surface area (Å²) >= 11 is 0. The summed E-state index contributed by atoms with van der Waals surface area (Å²) in [4.78, 5) is 35.7. The van der Waals surface area contributed by atoms with E-state index >= 15 is 0 Å². The van der Waals surface area contributed by atoms with Gasteiger partial charge in [-0.05, 0) is 73.2 Å². The first kappa shape index (κ1) is 57.0. The maximum Gasteiger partial charge on any atom is 0.472 e. The summed E-state index contributed by atoms with van der Waals surface area (Å²) in [6, 6.07) is 0. The van der Waals surface area contributed by atoms with Crippen LogP contribution in [0.2, 0.25) is 0 Å². The van der Waals surface area contributed by atoms with Crippen LogP contribution in [-0.4, -0.2) is 49.3 Å². The summed E-state index contributed by atoms with van der Waals surface area (Å²) < 4.78 is 33.6. The molecule has 0 aromatic rings. The van der Waals surface area contributed by atoms with E-state index in [0.717, 1.165) is 61.7 Å². The first-order valence-corrected chi connectivity index (χ1v) is 25.6. The summed E-state index contributed by atoms with van der Waals surface area (Å²) in [5.41, 5.74) is 5.46. The van der Waals surface area contributed by atoms with Crippen molar-refractivity contribution >= 4 is 19.8 Å². The maximum absolute atomic E-state index is 12.9. The number of hydrogen-bond donors (Lipinski definition) is 2. The fourth-order valence-corrected chi connectivity index (χ4v) is 8.49. The van der Waals surface area contributed by atoms with E-state index in [1.54, 1.807) is 0 Å². The number of carbonyl (C=O) groups excluding carboxylic acids is 2. The van der Waals surface area contributed by atoms with E-state index in [-0.39, 0.29) is 32.0 Å². The molecule has 0 aliphatic heterocycles. The van der Waals surface area contributed by atoms with Gasteiger partial charge in [0.05, 0.1) is 13.2 Å². The molecule has 0 heterocycles. The van der Waals surface area contributed by atoms with Gasteiger partial charge in [0.15, 0.2) is 6.10 Å². The van der Waals surface area contributed by atoms with Gasteiger partial charge in [-0.3, -0.25) is 18.6 Å². The van der Waals surface area contributed by atoms with Gasteiger partial charge in [-0.25, -0.2) is 4.57 Å². The molecule has 0 bridgehead atoms. The highest BCUT2D eigenvalue weighted by Gasteiger charge is 2.26. The molecule has 58 heavy (non-hydrogen) atoms. The predicted octanol–water partition coefficient (Wildman–Crippen LogP) is 13.6. The molecule has 0 aromatic carbocycles. The second-order valence-corrected chi connectivity index (χ2v) is 21.1. The molecule has 0 amide bonds. The van der Waals surface area contributed by atoms with Crippen molar-refractivity contribution in [2.75, 3.05) is 26.4 Å². The molecule has 0 saturated heterocycles. The minimum Gasteiger partial charge on any atom is -0.462 e. The van der Waals surface area contributed by atoms with Crippen molar-refractivity contribution in [1.29, 1.82) is 0 Å². The van der Waals surface area contributed by atoms with Crippen LogP contribution in [-0.2, 0) is 32.7 Å². The maximum atomic E-state index is 12.9. The van der Waals surface area contributed by atoms with Crippen LogP contribution in [0.25, 0.3) is 0 Å². The molecule has 0 rings (SSSR count). The van der Waals surface area contributed by atoms with Gasteiger partial charge in [0, 0.05) is 12.8 Å². The van der Waals surface area contributed by atoms with Crippen molar-refractivity contribution in [1.82, 2.24) is 0 Å². The van der Waals surface area contributed by atoms with Gasteiger partial charge in [-0.1, -0.05) is 185 Å². The molecule has 3 N–H and O–H groups in total. The lowest BCUT2D eigenvalue weighted by atomic mass is 9.90. The quantitative estimate of drug-likeness (QED) is 0.0351. The molecule has 0 saturated carbocycles. The van der Waals surface area contributed by atoms with Crippen molar-refractivity contribution < 1.29 is 37.6 Å². The fraction of sp³-hybridized carbons (Fsp3) is 0.958. The third kappa shape index (κ3) is 36.8. The van der Waals surface area contributed by atoms with Gasteiger partial charge in [0.1, 0.15) is 6.61 Å². The highest BCUT2D eigenvalue weighted by molar-refractivity contribution is 7.47. The summed E-state index contributed by atoms with van der Waals surface area (Å²) in [6.45, 7) is 22.7. The Labute approximate surface area is 358 Å². The number of rotatable bonds is 40. The minimum atomic E-state index is -4.39. The summed E-state index contributed by atoms with van der Waals surface area (Å²) in [6.07, 6.45) is 23.9.